The largest absolute Gasteiger partial charge is 0.308 e. The number of fused-ring (bicyclic) bond motifs is 6. The Bertz CT molecular complexity index is 2510. The highest BCUT2D eigenvalue weighted by Crippen LogP contribution is 2.40. The highest BCUT2D eigenvalue weighted by molar-refractivity contribution is 6.20. The lowest BCUT2D eigenvalue weighted by Crippen LogP contribution is -1.96. The van der Waals surface area contributed by atoms with Crippen molar-refractivity contribution in [3.05, 3.63) is 164 Å². The molecule has 0 fully saturated rings. The lowest BCUT2D eigenvalue weighted by atomic mass is 9.99. The molecular formula is C42H27N3. The predicted molar refractivity (Wildman–Crippen MR) is 188 cm³/mol. The maximum absolute atomic E-state index is 4.29. The van der Waals surface area contributed by atoms with Crippen LogP contribution in [0.3, 0.4) is 0 Å². The summed E-state index contributed by atoms with van der Waals surface area (Å²) < 4.78 is 2.48. The van der Waals surface area contributed by atoms with Crippen LogP contribution < -0.4 is 0 Å². The van der Waals surface area contributed by atoms with E-state index in [2.05, 4.69) is 148 Å². The van der Waals surface area contributed by atoms with Gasteiger partial charge >= 0.3 is 0 Å². The van der Waals surface area contributed by atoms with E-state index >= 15 is 0 Å². The summed E-state index contributed by atoms with van der Waals surface area (Å²) >= 11 is 0. The number of hydrogen-bond acceptors (Lipinski definition) is 2. The minimum absolute atomic E-state index is 1.12. The molecule has 0 N–H and O–H groups in total. The highest BCUT2D eigenvalue weighted by Gasteiger charge is 2.18. The van der Waals surface area contributed by atoms with E-state index in [0.717, 1.165) is 11.1 Å². The molecule has 0 aliphatic rings. The highest BCUT2D eigenvalue weighted by atomic mass is 15.0. The van der Waals surface area contributed by atoms with Gasteiger partial charge in [0, 0.05) is 46.3 Å². The minimum Gasteiger partial charge on any atom is -0.308 e. The Morgan fingerprint density at radius 1 is 0.378 bits per heavy atom. The van der Waals surface area contributed by atoms with Gasteiger partial charge in [-0.3, -0.25) is 9.97 Å². The van der Waals surface area contributed by atoms with Crippen LogP contribution in [-0.2, 0) is 0 Å². The fraction of sp³-hybridized carbons (Fsp3) is 0. The first kappa shape index (κ1) is 25.4. The molecular weight excluding hydrogens is 546 g/mol. The molecule has 210 valence electrons. The summed E-state index contributed by atoms with van der Waals surface area (Å²) in [5.74, 6) is 0. The lowest BCUT2D eigenvalue weighted by Gasteiger charge is -2.14. The molecule has 0 bridgehead atoms. The van der Waals surface area contributed by atoms with E-state index in [9.17, 15) is 0 Å². The second-order valence-corrected chi connectivity index (χ2v) is 11.5. The fourth-order valence-electron chi connectivity index (χ4n) is 6.78. The van der Waals surface area contributed by atoms with Gasteiger partial charge in [0.05, 0.1) is 16.7 Å². The number of benzene rings is 6. The summed E-state index contributed by atoms with van der Waals surface area (Å²) in [7, 11) is 0. The average Bonchev–Trinajstić information content (AvgIpc) is 3.46. The van der Waals surface area contributed by atoms with Crippen LogP contribution in [-0.4, -0.2) is 14.5 Å². The summed E-state index contributed by atoms with van der Waals surface area (Å²) in [6.07, 6.45) is 7.43. The van der Waals surface area contributed by atoms with Gasteiger partial charge in [0.2, 0.25) is 0 Å². The standard InChI is InChI=1S/C42H27N3/c1-2-8-36-31(5-1)6-3-9-40(36)45-41-26-33(28-10-12-29(13-11-28)35-7-4-22-44-27-35)15-18-38(41)39-19-16-34-25-32(14-17-37(34)42(39)45)30-20-23-43-24-21-30/h1-27H. The summed E-state index contributed by atoms with van der Waals surface area (Å²) in [5, 5.41) is 7.40. The van der Waals surface area contributed by atoms with Crippen LogP contribution in [0.1, 0.15) is 0 Å². The summed E-state index contributed by atoms with van der Waals surface area (Å²) in [6.45, 7) is 0. The van der Waals surface area contributed by atoms with Gasteiger partial charge in [-0.15, -0.1) is 0 Å². The van der Waals surface area contributed by atoms with E-state index in [1.165, 1.54) is 71.3 Å². The molecule has 9 rings (SSSR count). The van der Waals surface area contributed by atoms with Crippen LogP contribution in [0.5, 0.6) is 0 Å². The molecule has 0 atom stereocenters. The predicted octanol–water partition coefficient (Wildman–Crippen LogP) is 10.9. The Hall–Kier alpha value is -6.06. The van der Waals surface area contributed by atoms with Gasteiger partial charge in [0.15, 0.2) is 0 Å². The summed E-state index contributed by atoms with van der Waals surface area (Å²) in [5.41, 5.74) is 10.6. The van der Waals surface area contributed by atoms with Crippen molar-refractivity contribution in [3.63, 3.8) is 0 Å². The number of nitrogens with zero attached hydrogens (tertiary/aromatic N) is 3. The minimum atomic E-state index is 1.12. The molecule has 3 heterocycles. The molecule has 9 aromatic rings. The van der Waals surface area contributed by atoms with Crippen LogP contribution in [0.4, 0.5) is 0 Å². The zero-order chi connectivity index (χ0) is 29.7. The quantitative estimate of drug-likeness (QED) is 0.210. The second kappa shape index (κ2) is 10.3. The van der Waals surface area contributed by atoms with E-state index in [0.29, 0.717) is 0 Å². The van der Waals surface area contributed by atoms with Crippen LogP contribution in [0, 0.1) is 0 Å². The van der Waals surface area contributed by atoms with Crippen molar-refractivity contribution in [2.75, 3.05) is 0 Å². The molecule has 45 heavy (non-hydrogen) atoms. The van der Waals surface area contributed by atoms with Crippen molar-refractivity contribution >= 4 is 43.4 Å². The Kier molecular flexibility index (Phi) is 5.82. The zero-order valence-corrected chi connectivity index (χ0v) is 24.4. The van der Waals surface area contributed by atoms with Gasteiger partial charge < -0.3 is 4.57 Å². The van der Waals surface area contributed by atoms with Crippen LogP contribution in [0.15, 0.2) is 164 Å². The van der Waals surface area contributed by atoms with E-state index in [4.69, 9.17) is 0 Å². The maximum Gasteiger partial charge on any atom is 0.0619 e. The van der Waals surface area contributed by atoms with Crippen LogP contribution in [0.2, 0.25) is 0 Å². The van der Waals surface area contributed by atoms with Gasteiger partial charge in [-0.05, 0) is 80.6 Å². The topological polar surface area (TPSA) is 30.7 Å². The first-order valence-electron chi connectivity index (χ1n) is 15.2. The number of hydrogen-bond donors (Lipinski definition) is 0. The number of pyridine rings is 2. The molecule has 3 heteroatoms. The van der Waals surface area contributed by atoms with E-state index in [-0.39, 0.29) is 0 Å². The van der Waals surface area contributed by atoms with Crippen molar-refractivity contribution < 1.29 is 0 Å². The maximum atomic E-state index is 4.29. The molecule has 6 aromatic carbocycles. The van der Waals surface area contributed by atoms with E-state index < -0.39 is 0 Å². The number of rotatable bonds is 4. The summed E-state index contributed by atoms with van der Waals surface area (Å²) in [6, 6.07) is 50.6. The molecule has 0 aliphatic heterocycles. The van der Waals surface area contributed by atoms with Crippen molar-refractivity contribution in [2.45, 2.75) is 0 Å². The normalized spacial score (nSPS) is 11.6. The summed E-state index contributed by atoms with van der Waals surface area (Å²) in [4.78, 5) is 8.50. The Morgan fingerprint density at radius 2 is 1.07 bits per heavy atom. The Labute approximate surface area is 260 Å². The SMILES string of the molecule is c1cncc(-c2ccc(-c3ccc4c5ccc6cc(-c7ccncc7)ccc6c5n(-c5cccc6ccccc56)c4c3)cc2)c1. The fourth-order valence-corrected chi connectivity index (χ4v) is 6.78. The van der Waals surface area contributed by atoms with Crippen molar-refractivity contribution in [3.8, 4) is 39.1 Å². The molecule has 0 saturated carbocycles. The third-order valence-corrected chi connectivity index (χ3v) is 8.98. The smallest absolute Gasteiger partial charge is 0.0619 e. The third kappa shape index (κ3) is 4.21. The molecule has 0 amide bonds. The van der Waals surface area contributed by atoms with Gasteiger partial charge in [0.25, 0.3) is 0 Å². The molecule has 3 nitrogen and oxygen atoms in total. The molecule has 3 aromatic heterocycles. The van der Waals surface area contributed by atoms with Crippen molar-refractivity contribution in [1.82, 2.24) is 14.5 Å². The van der Waals surface area contributed by atoms with Gasteiger partial charge in [-0.25, -0.2) is 0 Å². The van der Waals surface area contributed by atoms with Crippen molar-refractivity contribution in [2.24, 2.45) is 0 Å². The first-order valence-corrected chi connectivity index (χ1v) is 15.2. The first-order chi connectivity index (χ1) is 22.3. The molecule has 0 saturated heterocycles. The van der Waals surface area contributed by atoms with E-state index in [1.54, 1.807) is 0 Å². The number of aromatic nitrogens is 3. The Balaban J connectivity index is 1.31. The molecule has 0 aliphatic carbocycles. The molecule has 0 unspecified atom stereocenters. The average molecular weight is 574 g/mol. The lowest BCUT2D eigenvalue weighted by molar-refractivity contribution is 1.20. The molecule has 0 spiro atoms. The second-order valence-electron chi connectivity index (χ2n) is 11.5. The van der Waals surface area contributed by atoms with Crippen LogP contribution >= 0.6 is 0 Å². The monoisotopic (exact) mass is 573 g/mol. The van der Waals surface area contributed by atoms with Gasteiger partial charge in [-0.1, -0.05) is 103 Å². The van der Waals surface area contributed by atoms with Gasteiger partial charge in [0.1, 0.15) is 0 Å². The van der Waals surface area contributed by atoms with Gasteiger partial charge in [-0.2, -0.15) is 0 Å². The third-order valence-electron chi connectivity index (χ3n) is 8.98. The zero-order valence-electron chi connectivity index (χ0n) is 24.4. The van der Waals surface area contributed by atoms with Crippen molar-refractivity contribution in [1.29, 1.82) is 0 Å². The molecule has 0 radical (unpaired) electrons. The Morgan fingerprint density at radius 3 is 1.89 bits per heavy atom. The van der Waals surface area contributed by atoms with Crippen LogP contribution in [0.25, 0.3) is 82.4 Å². The van der Waals surface area contributed by atoms with E-state index in [1.807, 2.05) is 30.9 Å².